The molecule has 0 atom stereocenters. The third-order valence-electron chi connectivity index (χ3n) is 5.82. The Labute approximate surface area is 197 Å². The van der Waals surface area contributed by atoms with E-state index in [4.69, 9.17) is 15.9 Å². The molecule has 0 radical (unpaired) electrons. The van der Waals surface area contributed by atoms with Crippen LogP contribution >= 0.6 is 0 Å². The summed E-state index contributed by atoms with van der Waals surface area (Å²) in [5.41, 5.74) is 5.27. The molecule has 1 saturated heterocycles. The standard InChI is InChI=1S/C27H24N4O3/c1-3-18-14-19(4-6-25(18)34-21-9-12-33-13-10-21)22-8-11-28-27-23(22)15-24(31-27)20-5-7-26(29-16-20)30-17(2)32/h1,4-8,11,14-16,21H,9-10,12-13H2,2H3,(H,28,31)(H,29,30,32). The topological polar surface area (TPSA) is 89.1 Å². The van der Waals surface area contributed by atoms with Crippen LogP contribution in [0.4, 0.5) is 5.82 Å². The minimum absolute atomic E-state index is 0.122. The molecule has 0 unspecified atom stereocenters. The summed E-state index contributed by atoms with van der Waals surface area (Å²) in [4.78, 5) is 23.4. The Kier molecular flexibility index (Phi) is 5.98. The SMILES string of the molecule is C#Cc1cc(-c2ccnc3[nH]c(-c4ccc(NC(C)=O)nc4)cc23)ccc1OC1CCOCC1. The number of fused-ring (bicyclic) bond motifs is 1. The molecule has 0 spiro atoms. The Morgan fingerprint density at radius 1 is 1.15 bits per heavy atom. The summed E-state index contributed by atoms with van der Waals surface area (Å²) >= 11 is 0. The van der Waals surface area contributed by atoms with Crippen molar-refractivity contribution in [1.29, 1.82) is 0 Å². The summed E-state index contributed by atoms with van der Waals surface area (Å²) in [5, 5.41) is 3.65. The minimum atomic E-state index is -0.157. The Hall–Kier alpha value is -4.15. The van der Waals surface area contributed by atoms with Crippen molar-refractivity contribution >= 4 is 22.8 Å². The third kappa shape index (κ3) is 4.49. The number of hydrogen-bond donors (Lipinski definition) is 2. The molecular formula is C27H24N4O3. The average molecular weight is 453 g/mol. The van der Waals surface area contributed by atoms with Gasteiger partial charge in [0.1, 0.15) is 23.3 Å². The number of nitrogens with zero attached hydrogens (tertiary/aromatic N) is 2. The molecule has 1 aliphatic rings. The summed E-state index contributed by atoms with van der Waals surface area (Å²) in [6.45, 7) is 2.88. The Morgan fingerprint density at radius 2 is 1.97 bits per heavy atom. The summed E-state index contributed by atoms with van der Waals surface area (Å²) < 4.78 is 11.6. The second-order valence-corrected chi connectivity index (χ2v) is 8.20. The molecule has 3 aromatic heterocycles. The van der Waals surface area contributed by atoms with Gasteiger partial charge in [-0.25, -0.2) is 9.97 Å². The Bertz CT molecular complexity index is 1380. The number of rotatable bonds is 5. The van der Waals surface area contributed by atoms with E-state index >= 15 is 0 Å². The lowest BCUT2D eigenvalue weighted by atomic mass is 10.0. The number of ether oxygens (including phenoxy) is 2. The Morgan fingerprint density at radius 3 is 2.71 bits per heavy atom. The van der Waals surface area contributed by atoms with Gasteiger partial charge in [-0.2, -0.15) is 0 Å². The normalized spacial score (nSPS) is 14.0. The molecule has 0 bridgehead atoms. The number of benzene rings is 1. The first kappa shape index (κ1) is 21.7. The number of amides is 1. The average Bonchev–Trinajstić information content (AvgIpc) is 3.30. The van der Waals surface area contributed by atoms with E-state index < -0.39 is 0 Å². The fraction of sp³-hybridized carbons (Fsp3) is 0.222. The summed E-state index contributed by atoms with van der Waals surface area (Å²) in [6.07, 6.45) is 11.2. The van der Waals surface area contributed by atoms with Gasteiger partial charge >= 0.3 is 0 Å². The minimum Gasteiger partial charge on any atom is -0.489 e. The molecule has 5 rings (SSSR count). The Balaban J connectivity index is 1.46. The molecule has 170 valence electrons. The molecule has 7 nitrogen and oxygen atoms in total. The van der Waals surface area contributed by atoms with Crippen molar-refractivity contribution in [2.75, 3.05) is 18.5 Å². The first-order valence-corrected chi connectivity index (χ1v) is 11.2. The molecule has 1 aromatic carbocycles. The highest BCUT2D eigenvalue weighted by Crippen LogP contribution is 2.34. The van der Waals surface area contributed by atoms with Crippen LogP contribution in [-0.2, 0) is 9.53 Å². The van der Waals surface area contributed by atoms with Gasteiger partial charge in [-0.05, 0) is 47.5 Å². The number of H-pyrrole nitrogens is 1. The van der Waals surface area contributed by atoms with E-state index in [1.165, 1.54) is 6.92 Å². The van der Waals surface area contributed by atoms with Gasteiger partial charge in [0.15, 0.2) is 0 Å². The molecule has 1 aliphatic heterocycles. The van der Waals surface area contributed by atoms with Gasteiger partial charge in [0, 0.05) is 48.8 Å². The number of carbonyl (C=O) groups is 1. The summed E-state index contributed by atoms with van der Waals surface area (Å²) in [5.74, 6) is 3.85. The summed E-state index contributed by atoms with van der Waals surface area (Å²) in [7, 11) is 0. The van der Waals surface area contributed by atoms with Crippen LogP contribution in [0.1, 0.15) is 25.3 Å². The highest BCUT2D eigenvalue weighted by atomic mass is 16.5. The first-order chi connectivity index (χ1) is 16.6. The van der Waals surface area contributed by atoms with Crippen molar-refractivity contribution < 1.29 is 14.3 Å². The maximum Gasteiger partial charge on any atom is 0.222 e. The van der Waals surface area contributed by atoms with Crippen molar-refractivity contribution in [2.45, 2.75) is 25.9 Å². The zero-order valence-corrected chi connectivity index (χ0v) is 18.8. The van der Waals surface area contributed by atoms with Crippen molar-refractivity contribution in [3.63, 3.8) is 0 Å². The quantitative estimate of drug-likeness (QED) is 0.425. The third-order valence-corrected chi connectivity index (χ3v) is 5.82. The van der Waals surface area contributed by atoms with Crippen LogP contribution in [-0.4, -0.2) is 40.2 Å². The van der Waals surface area contributed by atoms with Gasteiger partial charge in [-0.3, -0.25) is 4.79 Å². The van der Waals surface area contributed by atoms with Gasteiger partial charge < -0.3 is 19.8 Å². The lowest BCUT2D eigenvalue weighted by Crippen LogP contribution is -2.26. The number of terminal acetylenes is 1. The maximum atomic E-state index is 11.2. The fourth-order valence-corrected chi connectivity index (χ4v) is 4.13. The van der Waals surface area contributed by atoms with Crippen LogP contribution in [0.2, 0.25) is 0 Å². The van der Waals surface area contributed by atoms with Crippen LogP contribution in [0, 0.1) is 12.3 Å². The predicted octanol–water partition coefficient (Wildman–Crippen LogP) is 4.79. The highest BCUT2D eigenvalue weighted by molar-refractivity contribution is 5.96. The van der Waals surface area contributed by atoms with Crippen molar-refractivity contribution in [3.05, 3.63) is 60.4 Å². The van der Waals surface area contributed by atoms with Gasteiger partial charge in [-0.15, -0.1) is 6.42 Å². The van der Waals surface area contributed by atoms with Crippen molar-refractivity contribution in [3.8, 4) is 40.5 Å². The van der Waals surface area contributed by atoms with Gasteiger partial charge in [0.25, 0.3) is 0 Å². The van der Waals surface area contributed by atoms with Gasteiger partial charge in [0.05, 0.1) is 18.8 Å². The molecule has 2 N–H and O–H groups in total. The molecule has 0 aliphatic carbocycles. The second-order valence-electron chi connectivity index (χ2n) is 8.20. The van der Waals surface area contributed by atoms with Crippen LogP contribution in [0.5, 0.6) is 5.75 Å². The molecule has 7 heteroatoms. The monoisotopic (exact) mass is 452 g/mol. The fourth-order valence-electron chi connectivity index (χ4n) is 4.13. The lowest BCUT2D eigenvalue weighted by molar-refractivity contribution is -0.114. The van der Waals surface area contributed by atoms with Gasteiger partial charge in [-0.1, -0.05) is 12.0 Å². The molecule has 1 fully saturated rings. The van der Waals surface area contributed by atoms with E-state index in [1.54, 1.807) is 18.5 Å². The van der Waals surface area contributed by atoms with E-state index in [0.29, 0.717) is 19.0 Å². The smallest absolute Gasteiger partial charge is 0.222 e. The predicted molar refractivity (Wildman–Crippen MR) is 131 cm³/mol. The lowest BCUT2D eigenvalue weighted by Gasteiger charge is -2.24. The van der Waals surface area contributed by atoms with E-state index in [1.807, 2.05) is 30.3 Å². The van der Waals surface area contributed by atoms with Crippen molar-refractivity contribution in [1.82, 2.24) is 15.0 Å². The molecular weight excluding hydrogens is 428 g/mol. The number of carbonyl (C=O) groups excluding carboxylic acids is 1. The highest BCUT2D eigenvalue weighted by Gasteiger charge is 2.18. The van der Waals surface area contributed by atoms with E-state index in [-0.39, 0.29) is 12.0 Å². The number of anilines is 1. The van der Waals surface area contributed by atoms with Crippen LogP contribution in [0.25, 0.3) is 33.4 Å². The molecule has 4 heterocycles. The maximum absolute atomic E-state index is 11.2. The van der Waals surface area contributed by atoms with Gasteiger partial charge in [0.2, 0.25) is 5.91 Å². The first-order valence-electron chi connectivity index (χ1n) is 11.2. The number of hydrogen-bond acceptors (Lipinski definition) is 5. The zero-order valence-electron chi connectivity index (χ0n) is 18.8. The zero-order chi connectivity index (χ0) is 23.5. The van der Waals surface area contributed by atoms with E-state index in [9.17, 15) is 4.79 Å². The van der Waals surface area contributed by atoms with Crippen molar-refractivity contribution in [2.24, 2.45) is 0 Å². The van der Waals surface area contributed by atoms with Crippen LogP contribution in [0.3, 0.4) is 0 Å². The second kappa shape index (κ2) is 9.38. The van der Waals surface area contributed by atoms with E-state index in [2.05, 4.69) is 32.3 Å². The number of aromatic nitrogens is 3. The number of pyridine rings is 2. The molecule has 4 aromatic rings. The van der Waals surface area contributed by atoms with E-state index in [0.717, 1.165) is 57.6 Å². The molecule has 1 amide bonds. The number of aromatic amines is 1. The number of nitrogens with one attached hydrogen (secondary N) is 2. The van der Waals surface area contributed by atoms with Crippen LogP contribution < -0.4 is 10.1 Å². The van der Waals surface area contributed by atoms with Crippen LogP contribution in [0.15, 0.2) is 54.9 Å². The molecule has 34 heavy (non-hydrogen) atoms. The molecule has 0 saturated carbocycles. The largest absolute Gasteiger partial charge is 0.489 e. The summed E-state index contributed by atoms with van der Waals surface area (Å²) in [6, 6.07) is 13.7.